The topological polar surface area (TPSA) is 109 Å². The second kappa shape index (κ2) is 9.72. The molecule has 0 aromatic rings. The molecule has 4 N–H and O–H groups in total. The van der Waals surface area contributed by atoms with Crippen LogP contribution in [-0.2, 0) is 14.2 Å². The molecule has 17 heavy (non-hydrogen) atoms. The first-order valence-electron chi connectivity index (χ1n) is 5.57. The molecule has 4 atom stereocenters. The normalized spacial score (nSPS) is 18.7. The number of hydrogen-bond donors (Lipinski definition) is 4. The van der Waals surface area contributed by atoms with Crippen molar-refractivity contribution in [3.05, 3.63) is 0 Å². The molecular formula is C10H22O7. The molecule has 0 amide bonds. The van der Waals surface area contributed by atoms with Gasteiger partial charge in [-0.05, 0) is 13.8 Å². The third kappa shape index (κ3) is 6.27. The molecule has 0 spiro atoms. The van der Waals surface area contributed by atoms with Crippen molar-refractivity contribution in [1.29, 1.82) is 0 Å². The van der Waals surface area contributed by atoms with Crippen LogP contribution in [0.3, 0.4) is 0 Å². The molecule has 0 aliphatic rings. The lowest BCUT2D eigenvalue weighted by molar-refractivity contribution is -0.298. The van der Waals surface area contributed by atoms with E-state index in [2.05, 4.69) is 0 Å². The lowest BCUT2D eigenvalue weighted by atomic mass is 10.3. The lowest BCUT2D eigenvalue weighted by Crippen LogP contribution is -2.43. The first-order valence-corrected chi connectivity index (χ1v) is 5.57. The molecule has 0 saturated carbocycles. The second-order valence-corrected chi connectivity index (χ2v) is 3.28. The van der Waals surface area contributed by atoms with Crippen LogP contribution in [0.2, 0.25) is 0 Å². The number of rotatable bonds is 10. The quantitative estimate of drug-likeness (QED) is 0.349. The summed E-state index contributed by atoms with van der Waals surface area (Å²) in [6.07, 6.45) is -4.74. The van der Waals surface area contributed by atoms with Crippen molar-refractivity contribution in [3.63, 3.8) is 0 Å². The predicted octanol–water partition coefficient (Wildman–Crippen LogP) is -1.57. The van der Waals surface area contributed by atoms with Gasteiger partial charge in [0.2, 0.25) is 0 Å². The Balaban J connectivity index is 4.43. The Morgan fingerprint density at radius 1 is 0.824 bits per heavy atom. The van der Waals surface area contributed by atoms with Crippen LogP contribution in [0.1, 0.15) is 13.8 Å². The summed E-state index contributed by atoms with van der Waals surface area (Å²) in [6.45, 7) is 2.82. The Hall–Kier alpha value is -0.280. The first-order chi connectivity index (χ1) is 8.10. The van der Waals surface area contributed by atoms with Crippen LogP contribution in [0.25, 0.3) is 0 Å². The minimum Gasteiger partial charge on any atom is -0.393 e. The molecule has 0 fully saturated rings. The van der Waals surface area contributed by atoms with Gasteiger partial charge in [-0.25, -0.2) is 0 Å². The van der Waals surface area contributed by atoms with Crippen molar-refractivity contribution >= 4 is 0 Å². The molecular weight excluding hydrogens is 232 g/mol. The Morgan fingerprint density at radius 2 is 1.18 bits per heavy atom. The van der Waals surface area contributed by atoms with Gasteiger partial charge in [-0.1, -0.05) is 0 Å². The van der Waals surface area contributed by atoms with E-state index < -0.39 is 38.0 Å². The number of hydrogen-bond acceptors (Lipinski definition) is 7. The summed E-state index contributed by atoms with van der Waals surface area (Å²) in [5.74, 6) is 0. The first kappa shape index (κ1) is 16.7. The van der Waals surface area contributed by atoms with Gasteiger partial charge in [-0.2, -0.15) is 0 Å². The van der Waals surface area contributed by atoms with Crippen LogP contribution in [-0.4, -0.2) is 71.6 Å². The summed E-state index contributed by atoms with van der Waals surface area (Å²) < 4.78 is 15.3. The van der Waals surface area contributed by atoms with Crippen molar-refractivity contribution in [3.8, 4) is 0 Å². The maximum Gasteiger partial charge on any atom is 0.188 e. The van der Waals surface area contributed by atoms with Crippen molar-refractivity contribution in [2.75, 3.05) is 26.4 Å². The fourth-order valence-electron chi connectivity index (χ4n) is 1.11. The number of aliphatic hydroxyl groups is 4. The monoisotopic (exact) mass is 254 g/mol. The van der Waals surface area contributed by atoms with Crippen molar-refractivity contribution < 1.29 is 34.6 Å². The molecule has 0 aliphatic carbocycles. The fraction of sp³-hybridized carbons (Fsp3) is 1.00. The van der Waals surface area contributed by atoms with Crippen LogP contribution in [0.4, 0.5) is 0 Å². The van der Waals surface area contributed by atoms with E-state index in [1.54, 1.807) is 13.8 Å². The van der Waals surface area contributed by atoms with E-state index in [1.807, 2.05) is 0 Å². The average Bonchev–Trinajstić information content (AvgIpc) is 2.35. The summed E-state index contributed by atoms with van der Waals surface area (Å²) in [6, 6.07) is 0. The maximum atomic E-state index is 9.42. The molecule has 0 aliphatic heterocycles. The zero-order chi connectivity index (χ0) is 13.3. The van der Waals surface area contributed by atoms with Gasteiger partial charge < -0.3 is 34.6 Å². The van der Waals surface area contributed by atoms with Crippen LogP contribution in [0.5, 0.6) is 0 Å². The van der Waals surface area contributed by atoms with Gasteiger partial charge in [0.15, 0.2) is 12.6 Å². The third-order valence-corrected chi connectivity index (χ3v) is 1.93. The summed E-state index contributed by atoms with van der Waals surface area (Å²) in [7, 11) is 0. The number of ether oxygens (including phenoxy) is 3. The maximum absolute atomic E-state index is 9.42. The SMILES string of the molecule is CCOC(OC(OCC)C(O)CO)C(O)CO. The van der Waals surface area contributed by atoms with Crippen molar-refractivity contribution in [2.24, 2.45) is 0 Å². The van der Waals surface area contributed by atoms with Crippen LogP contribution in [0.15, 0.2) is 0 Å². The van der Waals surface area contributed by atoms with E-state index in [0.29, 0.717) is 0 Å². The molecule has 4 unspecified atom stereocenters. The van der Waals surface area contributed by atoms with Crippen LogP contribution >= 0.6 is 0 Å². The molecule has 0 saturated heterocycles. The van der Waals surface area contributed by atoms with Gasteiger partial charge in [0.25, 0.3) is 0 Å². The Labute approximate surface area is 101 Å². The van der Waals surface area contributed by atoms with Crippen molar-refractivity contribution in [2.45, 2.75) is 38.6 Å². The summed E-state index contributed by atoms with van der Waals surface area (Å²) >= 11 is 0. The molecule has 0 aromatic carbocycles. The van der Waals surface area contributed by atoms with Crippen molar-refractivity contribution in [1.82, 2.24) is 0 Å². The summed E-state index contributed by atoms with van der Waals surface area (Å²) in [4.78, 5) is 0. The van der Waals surface area contributed by atoms with Gasteiger partial charge >= 0.3 is 0 Å². The highest BCUT2D eigenvalue weighted by Crippen LogP contribution is 2.10. The summed E-state index contributed by atoms with van der Waals surface area (Å²) in [5, 5.41) is 36.5. The van der Waals surface area contributed by atoms with E-state index in [1.165, 1.54) is 0 Å². The third-order valence-electron chi connectivity index (χ3n) is 1.93. The van der Waals surface area contributed by atoms with Gasteiger partial charge in [0, 0.05) is 13.2 Å². The Morgan fingerprint density at radius 3 is 1.41 bits per heavy atom. The fourth-order valence-corrected chi connectivity index (χ4v) is 1.11. The van der Waals surface area contributed by atoms with E-state index in [4.69, 9.17) is 24.4 Å². The zero-order valence-corrected chi connectivity index (χ0v) is 10.2. The molecule has 0 rings (SSSR count). The Bertz CT molecular complexity index is 160. The van der Waals surface area contributed by atoms with Gasteiger partial charge in [0.1, 0.15) is 12.2 Å². The molecule has 7 nitrogen and oxygen atoms in total. The average molecular weight is 254 g/mol. The largest absolute Gasteiger partial charge is 0.393 e. The molecule has 0 aromatic heterocycles. The van der Waals surface area contributed by atoms with E-state index in [0.717, 1.165) is 0 Å². The minimum absolute atomic E-state index is 0.260. The smallest absolute Gasteiger partial charge is 0.188 e. The van der Waals surface area contributed by atoms with E-state index >= 15 is 0 Å². The summed E-state index contributed by atoms with van der Waals surface area (Å²) in [5.41, 5.74) is 0. The van der Waals surface area contributed by atoms with E-state index in [9.17, 15) is 10.2 Å². The molecule has 0 heterocycles. The molecule has 0 bridgehead atoms. The number of aliphatic hydroxyl groups excluding tert-OH is 4. The zero-order valence-electron chi connectivity index (χ0n) is 10.2. The highest BCUT2D eigenvalue weighted by Gasteiger charge is 2.28. The molecule has 104 valence electrons. The molecule has 0 radical (unpaired) electrons. The van der Waals surface area contributed by atoms with Gasteiger partial charge in [-0.15, -0.1) is 0 Å². The van der Waals surface area contributed by atoms with Gasteiger partial charge in [0.05, 0.1) is 13.2 Å². The lowest BCUT2D eigenvalue weighted by Gasteiger charge is -2.28. The highest BCUT2D eigenvalue weighted by molar-refractivity contribution is 4.64. The molecule has 7 heteroatoms. The van der Waals surface area contributed by atoms with Crippen LogP contribution in [0, 0.1) is 0 Å². The predicted molar refractivity (Wildman–Crippen MR) is 58.1 cm³/mol. The highest BCUT2D eigenvalue weighted by atomic mass is 16.8. The Kier molecular flexibility index (Phi) is 9.56. The van der Waals surface area contributed by atoms with Gasteiger partial charge in [-0.3, -0.25) is 0 Å². The minimum atomic E-state index is -1.25. The van der Waals surface area contributed by atoms with Crippen LogP contribution < -0.4 is 0 Å². The van der Waals surface area contributed by atoms with E-state index in [-0.39, 0.29) is 13.2 Å². The second-order valence-electron chi connectivity index (χ2n) is 3.28. The standard InChI is InChI=1S/C10H22O7/c1-3-15-9(7(13)5-11)17-10(16-4-2)8(14)6-12/h7-14H,3-6H2,1-2H3.